The Labute approximate surface area is 363 Å². The van der Waals surface area contributed by atoms with Gasteiger partial charge in [-0.05, 0) is 92.7 Å². The number of sulfonamides is 3. The minimum atomic E-state index is -3.08. The molecule has 354 valence electrons. The molecule has 4 heterocycles. The molecule has 4 fully saturated rings. The van der Waals surface area contributed by atoms with Gasteiger partial charge in [-0.15, -0.1) is 0 Å². The van der Waals surface area contributed by atoms with Crippen LogP contribution in [0.2, 0.25) is 0 Å². The molecule has 0 bridgehead atoms. The summed E-state index contributed by atoms with van der Waals surface area (Å²) in [6, 6.07) is 2.07. The van der Waals surface area contributed by atoms with Crippen molar-refractivity contribution >= 4 is 39.9 Å². The second-order valence-electron chi connectivity index (χ2n) is 19.5. The summed E-state index contributed by atoms with van der Waals surface area (Å²) in [7, 11) is -11.9. The van der Waals surface area contributed by atoms with Crippen LogP contribution < -0.4 is 0 Å². The van der Waals surface area contributed by atoms with E-state index in [4.69, 9.17) is 0 Å². The lowest BCUT2D eigenvalue weighted by Crippen LogP contribution is -2.51. The van der Waals surface area contributed by atoms with Crippen molar-refractivity contribution < 1.29 is 33.7 Å². The number of sulfone groups is 1. The maximum atomic E-state index is 12.2. The molecule has 0 aromatic carbocycles. The van der Waals surface area contributed by atoms with Crippen LogP contribution in [0.15, 0.2) is 0 Å². The smallest absolute Gasteiger partial charge is 0.214 e. The molecule has 0 aliphatic carbocycles. The first kappa shape index (κ1) is 56.5. The Morgan fingerprint density at radius 3 is 0.983 bits per heavy atom. The zero-order valence-corrected chi connectivity index (χ0v) is 43.0. The van der Waals surface area contributed by atoms with Crippen LogP contribution in [-0.2, 0) is 39.9 Å². The number of hydrogen-bond donors (Lipinski definition) is 0. The van der Waals surface area contributed by atoms with Crippen molar-refractivity contribution in [3.8, 4) is 0 Å². The molecule has 4 aliphatic heterocycles. The summed E-state index contributed by atoms with van der Waals surface area (Å²) < 4.78 is 98.0. The third kappa shape index (κ3) is 21.6. The zero-order chi connectivity index (χ0) is 45.7. The predicted octanol–water partition coefficient (Wildman–Crippen LogP) is 3.26. The number of rotatable bonds is 11. The monoisotopic (exact) mass is 922 g/mol. The van der Waals surface area contributed by atoms with Crippen molar-refractivity contribution in [1.82, 2.24) is 32.5 Å². The van der Waals surface area contributed by atoms with Crippen molar-refractivity contribution in [3.63, 3.8) is 0 Å². The number of piperazine rings is 3. The van der Waals surface area contributed by atoms with Gasteiger partial charge < -0.3 is 4.90 Å². The van der Waals surface area contributed by atoms with Gasteiger partial charge >= 0.3 is 0 Å². The first-order valence-corrected chi connectivity index (χ1v) is 28.8. The van der Waals surface area contributed by atoms with Crippen LogP contribution in [0, 0.1) is 11.3 Å². The molecule has 0 aromatic heterocycles. The molecule has 0 unspecified atom stereocenters. The maximum Gasteiger partial charge on any atom is 0.214 e. The normalized spacial score (nSPS) is 21.6. The highest BCUT2D eigenvalue weighted by Crippen LogP contribution is 2.21. The van der Waals surface area contributed by atoms with E-state index in [-0.39, 0.29) is 28.1 Å². The number of piperidine rings is 1. The molecule has 19 heteroatoms. The van der Waals surface area contributed by atoms with E-state index in [0.717, 1.165) is 65.2 Å². The van der Waals surface area contributed by atoms with Gasteiger partial charge in [-0.25, -0.2) is 33.7 Å². The van der Waals surface area contributed by atoms with E-state index in [0.29, 0.717) is 63.4 Å². The van der Waals surface area contributed by atoms with Crippen LogP contribution in [0.1, 0.15) is 103 Å². The van der Waals surface area contributed by atoms with Crippen molar-refractivity contribution in [1.29, 1.82) is 0 Å². The topological polar surface area (TPSA) is 159 Å². The average Bonchev–Trinajstić information content (AvgIpc) is 3.10. The van der Waals surface area contributed by atoms with Gasteiger partial charge in [-0.3, -0.25) is 14.7 Å². The zero-order valence-electron chi connectivity index (χ0n) is 39.7. The highest BCUT2D eigenvalue weighted by Gasteiger charge is 2.32. The SMILES string of the molecule is CC(C)CS(=O)(=O)N1CCN(C(C)C)CC1.CC(C)N1CCC(S(C)(=O)=O)CC1.CC(C)N1CCN(S(=O)(=O)CC(C)(C)C)CC1.CC(C)N1CCN(S(C)(=O)=O)CC1. The predicted molar refractivity (Wildman–Crippen MR) is 246 cm³/mol. The molecule has 4 rings (SSSR count). The van der Waals surface area contributed by atoms with Gasteiger partial charge in [0.15, 0.2) is 0 Å². The number of nitrogens with zero attached hydrogens (tertiary/aromatic N) is 7. The van der Waals surface area contributed by atoms with E-state index in [1.807, 2.05) is 34.6 Å². The van der Waals surface area contributed by atoms with E-state index in [1.165, 1.54) is 12.5 Å². The number of hydrogen-bond acceptors (Lipinski definition) is 12. The summed E-state index contributed by atoms with van der Waals surface area (Å²) in [5, 5.41) is -0.0949. The van der Waals surface area contributed by atoms with E-state index in [9.17, 15) is 33.7 Å². The summed E-state index contributed by atoms with van der Waals surface area (Å²) >= 11 is 0. The fourth-order valence-electron chi connectivity index (χ4n) is 7.53. The molecule has 0 saturated carbocycles. The molecule has 0 radical (unpaired) electrons. The second-order valence-corrected chi connectivity index (χ2v) is 27.8. The van der Waals surface area contributed by atoms with Crippen LogP contribution in [0.25, 0.3) is 0 Å². The molecule has 15 nitrogen and oxygen atoms in total. The van der Waals surface area contributed by atoms with Crippen LogP contribution in [0.3, 0.4) is 0 Å². The Bertz CT molecular complexity index is 1580. The summed E-state index contributed by atoms with van der Waals surface area (Å²) in [4.78, 5) is 9.27. The van der Waals surface area contributed by atoms with Crippen molar-refractivity contribution in [3.05, 3.63) is 0 Å². The molecule has 0 amide bonds. The Morgan fingerprint density at radius 2 is 0.729 bits per heavy atom. The maximum absolute atomic E-state index is 12.2. The third-order valence-corrected chi connectivity index (χ3v) is 18.8. The molecule has 0 N–H and O–H groups in total. The van der Waals surface area contributed by atoms with Crippen LogP contribution in [0.5, 0.6) is 0 Å². The van der Waals surface area contributed by atoms with E-state index in [1.54, 1.807) is 12.9 Å². The quantitative estimate of drug-likeness (QED) is 0.299. The highest BCUT2D eigenvalue weighted by molar-refractivity contribution is 7.91. The standard InChI is InChI=1S/C12H26N2O2S.C11H24N2O2S.C9H19NO2S.C8H18N2O2S/c1-11(2)13-6-8-14(9-7-13)17(15,16)10-12(3,4)5;1-10(2)9-16(14,15)13-7-5-12(6-8-13)11(3)4;1-8(2)10-6-4-9(5-7-10)13(3,11)12;1-8(2)9-4-6-10(7-5-9)13(3,11)12/h11H,6-10H2,1-5H3;10-11H,5-9H2,1-4H3;8-9H,4-7H2,1-3H3;8H,4-7H2,1-3H3. The van der Waals surface area contributed by atoms with Crippen molar-refractivity contribution in [2.75, 3.05) is 116 Å². The van der Waals surface area contributed by atoms with Gasteiger partial charge in [0.05, 0.1) is 23.0 Å². The van der Waals surface area contributed by atoms with E-state index < -0.39 is 39.9 Å². The molecule has 0 spiro atoms. The summed E-state index contributed by atoms with van der Waals surface area (Å²) in [5.41, 5.74) is -0.173. The molecular formula is C40H87N7O8S4. The molecular weight excluding hydrogens is 835 g/mol. The largest absolute Gasteiger partial charge is 0.301 e. The minimum Gasteiger partial charge on any atom is -0.301 e. The first-order chi connectivity index (χ1) is 26.8. The van der Waals surface area contributed by atoms with Gasteiger partial charge in [0.2, 0.25) is 30.1 Å². The summed E-state index contributed by atoms with van der Waals surface area (Å²) in [5.74, 6) is 0.712. The molecule has 4 saturated heterocycles. The van der Waals surface area contributed by atoms with Crippen LogP contribution in [-0.4, -0.2) is 211 Å². The summed E-state index contributed by atoms with van der Waals surface area (Å²) in [6.45, 7) is 37.8. The Balaban J connectivity index is 0.000000396. The van der Waals surface area contributed by atoms with E-state index >= 15 is 0 Å². The Morgan fingerprint density at radius 1 is 0.441 bits per heavy atom. The van der Waals surface area contributed by atoms with Crippen LogP contribution in [0.4, 0.5) is 0 Å². The third-order valence-electron chi connectivity index (χ3n) is 11.2. The van der Waals surface area contributed by atoms with Gasteiger partial charge in [-0.2, -0.15) is 12.9 Å². The Hall–Kier alpha value is -0.480. The lowest BCUT2D eigenvalue weighted by atomic mass is 10.0. The second kappa shape index (κ2) is 24.5. The van der Waals surface area contributed by atoms with Gasteiger partial charge in [-0.1, -0.05) is 34.6 Å². The molecule has 0 atom stereocenters. The fourth-order valence-corrected chi connectivity index (χ4v) is 13.2. The Kier molecular flexibility index (Phi) is 23.5. The van der Waals surface area contributed by atoms with Gasteiger partial charge in [0.1, 0.15) is 9.84 Å². The van der Waals surface area contributed by atoms with Gasteiger partial charge in [0.25, 0.3) is 0 Å². The lowest BCUT2D eigenvalue weighted by molar-refractivity contribution is 0.153. The number of likely N-dealkylation sites (tertiary alicyclic amines) is 1. The fraction of sp³-hybridized carbons (Fsp3) is 1.00. The van der Waals surface area contributed by atoms with Gasteiger partial charge in [0, 0.05) is 109 Å². The minimum absolute atomic E-state index is 0.0949. The van der Waals surface area contributed by atoms with E-state index in [2.05, 4.69) is 75.0 Å². The molecule has 59 heavy (non-hydrogen) atoms. The van der Waals surface area contributed by atoms with Crippen LogP contribution >= 0.6 is 0 Å². The average molecular weight is 922 g/mol. The molecule has 0 aromatic rings. The molecule has 4 aliphatic rings. The van der Waals surface area contributed by atoms with Crippen molar-refractivity contribution in [2.45, 2.75) is 132 Å². The summed E-state index contributed by atoms with van der Waals surface area (Å²) in [6.07, 6.45) is 4.23. The lowest BCUT2D eigenvalue weighted by Gasteiger charge is -2.37. The first-order valence-electron chi connectivity index (χ1n) is 21.8. The highest BCUT2D eigenvalue weighted by atomic mass is 32.2. The van der Waals surface area contributed by atoms with Crippen molar-refractivity contribution in [2.24, 2.45) is 11.3 Å².